The summed E-state index contributed by atoms with van der Waals surface area (Å²) in [6, 6.07) is 22.8. The number of anilines is 1. The third-order valence-corrected chi connectivity index (χ3v) is 5.86. The maximum atomic E-state index is 13.1. The van der Waals surface area contributed by atoms with Gasteiger partial charge in [0.25, 0.3) is 5.91 Å². The summed E-state index contributed by atoms with van der Waals surface area (Å²) in [7, 11) is 0. The molecule has 1 atom stereocenters. The first kappa shape index (κ1) is 19.0. The quantitative estimate of drug-likeness (QED) is 0.443. The Balaban J connectivity index is 1.91. The van der Waals surface area contributed by atoms with Crippen LogP contribution in [0.1, 0.15) is 22.7 Å². The smallest absolute Gasteiger partial charge is 0.294 e. The van der Waals surface area contributed by atoms with E-state index in [4.69, 9.17) is 0 Å². The van der Waals surface area contributed by atoms with Crippen molar-refractivity contribution in [2.24, 2.45) is 0 Å². The normalized spacial score (nSPS) is 16.8. The molecule has 1 unspecified atom stereocenters. The molecule has 0 radical (unpaired) electrons. The third-order valence-electron chi connectivity index (χ3n) is 4.84. The Morgan fingerprint density at radius 3 is 2.21 bits per heavy atom. The van der Waals surface area contributed by atoms with E-state index in [1.165, 1.54) is 0 Å². The number of aliphatic hydroxyl groups excluding tert-OH is 1. The second kappa shape index (κ2) is 7.57. The first-order valence-electron chi connectivity index (χ1n) is 8.80. The van der Waals surface area contributed by atoms with Gasteiger partial charge in [-0.1, -0.05) is 73.8 Å². The van der Waals surface area contributed by atoms with E-state index < -0.39 is 11.9 Å². The summed E-state index contributed by atoms with van der Waals surface area (Å²) in [5, 5.41) is 10.8. The molecule has 3 aromatic rings. The molecule has 28 heavy (non-hydrogen) atoms. The minimum absolute atomic E-state index is 0.211. The molecule has 1 heterocycles. The maximum Gasteiger partial charge on any atom is 0.294 e. The zero-order valence-electron chi connectivity index (χ0n) is 15.1. The fourth-order valence-corrected chi connectivity index (χ4v) is 4.17. The van der Waals surface area contributed by atoms with E-state index >= 15 is 0 Å². The highest BCUT2D eigenvalue weighted by atomic mass is 79.9. The fourth-order valence-electron chi connectivity index (χ4n) is 3.49. The van der Waals surface area contributed by atoms with E-state index in [0.29, 0.717) is 5.57 Å². The number of carbonyl (C=O) groups excluding carboxylic acids is 1. The highest BCUT2D eigenvalue weighted by Gasteiger charge is 2.42. The molecular weight excluding hydrogens is 482 g/mol. The van der Waals surface area contributed by atoms with Crippen molar-refractivity contribution in [3.63, 3.8) is 0 Å². The minimum atomic E-state index is -0.422. The lowest BCUT2D eigenvalue weighted by atomic mass is 9.93. The van der Waals surface area contributed by atoms with Gasteiger partial charge in [0.15, 0.2) is 5.76 Å². The molecule has 0 aromatic heterocycles. The number of hydrogen-bond acceptors (Lipinski definition) is 2. The molecule has 0 aliphatic carbocycles. The maximum absolute atomic E-state index is 13.1. The highest BCUT2D eigenvalue weighted by molar-refractivity contribution is 9.10. The topological polar surface area (TPSA) is 40.5 Å². The number of rotatable bonds is 3. The lowest BCUT2D eigenvalue weighted by molar-refractivity contribution is -0.117. The number of benzene rings is 3. The summed E-state index contributed by atoms with van der Waals surface area (Å²) in [6.45, 7) is 2.01. The molecule has 5 heteroatoms. The second-order valence-corrected chi connectivity index (χ2v) is 8.57. The van der Waals surface area contributed by atoms with Gasteiger partial charge in [-0.25, -0.2) is 0 Å². The molecule has 0 saturated heterocycles. The lowest BCUT2D eigenvalue weighted by Gasteiger charge is -2.27. The molecule has 4 rings (SSSR count). The zero-order valence-corrected chi connectivity index (χ0v) is 18.2. The van der Waals surface area contributed by atoms with Crippen molar-refractivity contribution in [2.45, 2.75) is 13.0 Å². The number of aryl methyl sites for hydroxylation is 1. The number of hydrogen-bond donors (Lipinski definition) is 1. The number of nitrogens with zero attached hydrogens (tertiary/aromatic N) is 1. The Bertz CT molecular complexity index is 1070. The predicted octanol–water partition coefficient (Wildman–Crippen LogP) is 6.58. The first-order chi connectivity index (χ1) is 13.5. The fraction of sp³-hybridized carbons (Fsp3) is 0.0870. The summed E-state index contributed by atoms with van der Waals surface area (Å²) < 4.78 is 1.85. The molecule has 0 spiro atoms. The van der Waals surface area contributed by atoms with Gasteiger partial charge in [-0.2, -0.15) is 0 Å². The molecule has 0 bridgehead atoms. The van der Waals surface area contributed by atoms with E-state index in [2.05, 4.69) is 31.9 Å². The van der Waals surface area contributed by atoms with Crippen molar-refractivity contribution in [1.29, 1.82) is 0 Å². The Morgan fingerprint density at radius 1 is 0.893 bits per heavy atom. The van der Waals surface area contributed by atoms with Gasteiger partial charge in [0.05, 0.1) is 6.04 Å². The molecule has 3 aromatic carbocycles. The van der Waals surface area contributed by atoms with Crippen LogP contribution >= 0.6 is 31.9 Å². The Labute approximate surface area is 180 Å². The van der Waals surface area contributed by atoms with E-state index in [-0.39, 0.29) is 5.76 Å². The van der Waals surface area contributed by atoms with Gasteiger partial charge in [0.1, 0.15) is 0 Å². The summed E-state index contributed by atoms with van der Waals surface area (Å²) in [5.41, 5.74) is 4.22. The van der Waals surface area contributed by atoms with E-state index in [0.717, 1.165) is 31.3 Å². The Kier molecular flexibility index (Phi) is 5.13. The molecule has 0 fully saturated rings. The molecule has 0 saturated carbocycles. The molecule has 1 amide bonds. The van der Waals surface area contributed by atoms with E-state index in [1.807, 2.05) is 79.7 Å². The van der Waals surface area contributed by atoms with Crippen LogP contribution in [0.15, 0.2) is 87.5 Å². The van der Waals surface area contributed by atoms with Crippen LogP contribution in [0.25, 0.3) is 5.57 Å². The molecule has 1 aliphatic rings. The van der Waals surface area contributed by atoms with E-state index in [1.54, 1.807) is 4.90 Å². The van der Waals surface area contributed by atoms with Gasteiger partial charge in [0, 0.05) is 20.2 Å². The number of aliphatic hydroxyl groups is 1. The Hall–Kier alpha value is -2.37. The van der Waals surface area contributed by atoms with Gasteiger partial charge in [-0.05, 0) is 54.4 Å². The van der Waals surface area contributed by atoms with Crippen LogP contribution in [0.3, 0.4) is 0 Å². The molecule has 1 N–H and O–H groups in total. The van der Waals surface area contributed by atoms with Crippen LogP contribution in [0.5, 0.6) is 0 Å². The summed E-state index contributed by atoms with van der Waals surface area (Å²) in [6.07, 6.45) is 0. The zero-order chi connectivity index (χ0) is 19.8. The van der Waals surface area contributed by atoms with Crippen molar-refractivity contribution >= 4 is 49.0 Å². The number of carbonyl (C=O) groups is 1. The largest absolute Gasteiger partial charge is 0.503 e. The number of halogens is 2. The van der Waals surface area contributed by atoms with Crippen molar-refractivity contribution in [1.82, 2.24) is 0 Å². The monoisotopic (exact) mass is 497 g/mol. The minimum Gasteiger partial charge on any atom is -0.503 e. The summed E-state index contributed by atoms with van der Waals surface area (Å²) in [4.78, 5) is 14.8. The highest BCUT2D eigenvalue weighted by Crippen LogP contribution is 2.45. The summed E-state index contributed by atoms with van der Waals surface area (Å²) >= 11 is 6.96. The second-order valence-electron chi connectivity index (χ2n) is 6.74. The molecular formula is C23H17Br2NO2. The van der Waals surface area contributed by atoms with Crippen molar-refractivity contribution in [3.8, 4) is 0 Å². The molecule has 140 valence electrons. The SMILES string of the molecule is Cc1ccc(C2=C(O)C(=O)N(c3ccc(Br)cc3)C2c2cccc(Br)c2)cc1. The van der Waals surface area contributed by atoms with Crippen molar-refractivity contribution in [3.05, 3.63) is 104 Å². The van der Waals surface area contributed by atoms with Gasteiger partial charge in [-0.15, -0.1) is 0 Å². The van der Waals surface area contributed by atoms with Crippen LogP contribution in [0.2, 0.25) is 0 Å². The van der Waals surface area contributed by atoms with Gasteiger partial charge < -0.3 is 5.11 Å². The lowest BCUT2D eigenvalue weighted by Crippen LogP contribution is -2.30. The van der Waals surface area contributed by atoms with Crippen LogP contribution < -0.4 is 4.90 Å². The van der Waals surface area contributed by atoms with Crippen LogP contribution in [0, 0.1) is 6.92 Å². The van der Waals surface area contributed by atoms with Crippen LogP contribution in [-0.4, -0.2) is 11.0 Å². The van der Waals surface area contributed by atoms with Gasteiger partial charge in [0.2, 0.25) is 0 Å². The summed E-state index contributed by atoms with van der Waals surface area (Å²) in [5.74, 6) is -0.611. The Morgan fingerprint density at radius 2 is 1.57 bits per heavy atom. The average molecular weight is 499 g/mol. The molecule has 1 aliphatic heterocycles. The predicted molar refractivity (Wildman–Crippen MR) is 119 cm³/mol. The number of amides is 1. The van der Waals surface area contributed by atoms with Crippen LogP contribution in [-0.2, 0) is 4.79 Å². The third kappa shape index (κ3) is 3.40. The van der Waals surface area contributed by atoms with Crippen molar-refractivity contribution < 1.29 is 9.90 Å². The first-order valence-corrected chi connectivity index (χ1v) is 10.4. The van der Waals surface area contributed by atoms with Gasteiger partial charge >= 0.3 is 0 Å². The average Bonchev–Trinajstić information content (AvgIpc) is 2.95. The molecule has 3 nitrogen and oxygen atoms in total. The van der Waals surface area contributed by atoms with Gasteiger partial charge in [-0.3, -0.25) is 9.69 Å². The standard InChI is InChI=1S/C23H17Br2NO2/c1-14-5-7-15(8-6-14)20-21(16-3-2-4-18(25)13-16)26(23(28)22(20)27)19-11-9-17(24)10-12-19/h2-13,21,27H,1H3. The van der Waals surface area contributed by atoms with Crippen LogP contribution in [0.4, 0.5) is 5.69 Å². The van der Waals surface area contributed by atoms with E-state index in [9.17, 15) is 9.90 Å². The van der Waals surface area contributed by atoms with Crippen molar-refractivity contribution in [2.75, 3.05) is 4.90 Å².